The number of fused-ring (bicyclic) bond motifs is 1. The third-order valence-corrected chi connectivity index (χ3v) is 5.60. The number of rotatable bonds is 6. The molecule has 1 amide bonds. The molecule has 1 heterocycles. The molecule has 0 radical (unpaired) electrons. The van der Waals surface area contributed by atoms with E-state index in [9.17, 15) is 13.2 Å². The molecule has 2 aromatic carbocycles. The van der Waals surface area contributed by atoms with Gasteiger partial charge in [-0.3, -0.25) is 9.78 Å². The summed E-state index contributed by atoms with van der Waals surface area (Å²) in [6, 6.07) is 13.3. The third-order valence-electron chi connectivity index (χ3n) is 3.97. The van der Waals surface area contributed by atoms with Crippen LogP contribution in [0.2, 0.25) is 5.02 Å². The Labute approximate surface area is 174 Å². The Morgan fingerprint density at radius 2 is 1.97 bits per heavy atom. The van der Waals surface area contributed by atoms with Crippen LogP contribution in [0.5, 0.6) is 0 Å². The first kappa shape index (κ1) is 20.8. The number of sulfonamides is 1. The first-order valence-corrected chi connectivity index (χ1v) is 10.5. The van der Waals surface area contributed by atoms with E-state index in [0.29, 0.717) is 27.2 Å². The molecular weight excluding hydrogens is 412 g/mol. The molecule has 0 aliphatic carbocycles. The largest absolute Gasteiger partial charge is 0.368 e. The second-order valence-corrected chi connectivity index (χ2v) is 8.53. The molecule has 0 saturated heterocycles. The van der Waals surface area contributed by atoms with Crippen molar-refractivity contribution in [2.24, 2.45) is 4.40 Å². The maximum atomic E-state index is 12.7. The van der Waals surface area contributed by atoms with Gasteiger partial charge in [-0.15, -0.1) is 4.40 Å². The Balaban J connectivity index is 1.97. The van der Waals surface area contributed by atoms with Gasteiger partial charge in [0.05, 0.1) is 11.9 Å². The quantitative estimate of drug-likeness (QED) is 0.478. The van der Waals surface area contributed by atoms with Gasteiger partial charge in [0.1, 0.15) is 11.2 Å². The Morgan fingerprint density at radius 3 is 2.69 bits per heavy atom. The number of carbonyl (C=O) groups is 1. The fraction of sp³-hybridized carbons (Fsp3) is 0.150. The van der Waals surface area contributed by atoms with Crippen molar-refractivity contribution in [1.29, 1.82) is 0 Å². The van der Waals surface area contributed by atoms with E-state index in [1.54, 1.807) is 62.8 Å². The van der Waals surface area contributed by atoms with Gasteiger partial charge in [0.15, 0.2) is 0 Å². The van der Waals surface area contributed by atoms with Gasteiger partial charge >= 0.3 is 0 Å². The summed E-state index contributed by atoms with van der Waals surface area (Å²) in [6.07, 6.45) is 2.82. The molecule has 0 bridgehead atoms. The van der Waals surface area contributed by atoms with Crippen molar-refractivity contribution in [2.75, 3.05) is 19.4 Å². The van der Waals surface area contributed by atoms with E-state index in [2.05, 4.69) is 14.7 Å². The van der Waals surface area contributed by atoms with Crippen molar-refractivity contribution < 1.29 is 13.2 Å². The number of nitrogens with zero attached hydrogens (tertiary/aromatic N) is 3. The fourth-order valence-electron chi connectivity index (χ4n) is 2.67. The summed E-state index contributed by atoms with van der Waals surface area (Å²) in [4.78, 5) is 18.2. The Bertz CT molecular complexity index is 1190. The molecule has 3 rings (SSSR count). The van der Waals surface area contributed by atoms with Gasteiger partial charge in [-0.1, -0.05) is 29.8 Å². The van der Waals surface area contributed by atoms with E-state index in [0.717, 1.165) is 0 Å². The van der Waals surface area contributed by atoms with Gasteiger partial charge in [-0.05, 0) is 35.9 Å². The van der Waals surface area contributed by atoms with Crippen LogP contribution in [0, 0.1) is 0 Å². The Kier molecular flexibility index (Phi) is 6.14. The molecule has 0 aliphatic heterocycles. The average molecular weight is 431 g/mol. The van der Waals surface area contributed by atoms with Gasteiger partial charge in [0.2, 0.25) is 5.91 Å². The first-order chi connectivity index (χ1) is 13.8. The number of aromatic nitrogens is 1. The number of halogens is 1. The van der Waals surface area contributed by atoms with Gasteiger partial charge in [-0.2, -0.15) is 8.42 Å². The summed E-state index contributed by atoms with van der Waals surface area (Å²) < 4.78 is 29.2. The predicted octanol–water partition coefficient (Wildman–Crippen LogP) is 3.35. The van der Waals surface area contributed by atoms with Gasteiger partial charge in [0, 0.05) is 36.4 Å². The number of anilines is 1. The highest BCUT2D eigenvalue weighted by molar-refractivity contribution is 7.90. The summed E-state index contributed by atoms with van der Waals surface area (Å²) in [5, 5.41) is 3.64. The minimum atomic E-state index is -3.99. The zero-order valence-electron chi connectivity index (χ0n) is 15.8. The maximum Gasteiger partial charge on any atom is 0.284 e. The second kappa shape index (κ2) is 8.59. The lowest BCUT2D eigenvalue weighted by atomic mass is 10.1. The number of nitrogens with one attached hydrogen (secondary N) is 1. The van der Waals surface area contributed by atoms with Crippen molar-refractivity contribution in [1.82, 2.24) is 9.88 Å². The molecule has 3 aromatic rings. The highest BCUT2D eigenvalue weighted by Gasteiger charge is 2.19. The molecule has 9 heteroatoms. The van der Waals surface area contributed by atoms with Crippen LogP contribution in [-0.4, -0.2) is 44.6 Å². The summed E-state index contributed by atoms with van der Waals surface area (Å²) in [5.41, 5.74) is 1.42. The van der Waals surface area contributed by atoms with E-state index in [4.69, 9.17) is 11.6 Å². The lowest BCUT2D eigenvalue weighted by molar-refractivity contribution is -0.115. The zero-order chi connectivity index (χ0) is 21.0. The minimum Gasteiger partial charge on any atom is -0.368 e. The monoisotopic (exact) mass is 430 g/mol. The minimum absolute atomic E-state index is 0.0331. The van der Waals surface area contributed by atoms with E-state index in [1.807, 2.05) is 0 Å². The number of hydrogen-bond donors (Lipinski definition) is 1. The molecular formula is C20H19ClN4O3S. The van der Waals surface area contributed by atoms with Crippen LogP contribution in [0.4, 0.5) is 5.69 Å². The number of pyridine rings is 1. The maximum absolute atomic E-state index is 12.7. The summed E-state index contributed by atoms with van der Waals surface area (Å²) in [7, 11) is -0.649. The smallest absolute Gasteiger partial charge is 0.284 e. The van der Waals surface area contributed by atoms with Crippen LogP contribution in [0.1, 0.15) is 5.56 Å². The molecule has 0 spiro atoms. The molecule has 0 saturated carbocycles. The van der Waals surface area contributed by atoms with Crippen molar-refractivity contribution in [3.8, 4) is 0 Å². The predicted molar refractivity (Wildman–Crippen MR) is 115 cm³/mol. The van der Waals surface area contributed by atoms with Gasteiger partial charge < -0.3 is 10.2 Å². The molecule has 0 fully saturated rings. The molecule has 29 heavy (non-hydrogen) atoms. The van der Waals surface area contributed by atoms with Crippen LogP contribution in [-0.2, 0) is 21.2 Å². The van der Waals surface area contributed by atoms with Gasteiger partial charge in [0.25, 0.3) is 10.0 Å². The SMILES string of the molecule is CN(C)C=NS(=O)(=O)c1cc(NC(=O)Cc2ccccc2Cl)cc2ncccc12. The summed E-state index contributed by atoms with van der Waals surface area (Å²) in [5.74, 6) is -0.325. The molecule has 0 aliphatic rings. The highest BCUT2D eigenvalue weighted by Crippen LogP contribution is 2.28. The average Bonchev–Trinajstić information content (AvgIpc) is 2.67. The first-order valence-electron chi connectivity index (χ1n) is 8.65. The van der Waals surface area contributed by atoms with E-state index >= 15 is 0 Å². The fourth-order valence-corrected chi connectivity index (χ4v) is 4.02. The highest BCUT2D eigenvalue weighted by atomic mass is 35.5. The summed E-state index contributed by atoms with van der Waals surface area (Å²) in [6.45, 7) is 0. The lowest BCUT2D eigenvalue weighted by Crippen LogP contribution is -2.15. The topological polar surface area (TPSA) is 91.7 Å². The number of carbonyl (C=O) groups excluding carboxylic acids is 1. The lowest BCUT2D eigenvalue weighted by Gasteiger charge is -2.11. The molecule has 7 nitrogen and oxygen atoms in total. The van der Waals surface area contributed by atoms with Crippen LogP contribution < -0.4 is 5.32 Å². The van der Waals surface area contributed by atoms with E-state index in [1.165, 1.54) is 17.3 Å². The molecule has 1 N–H and O–H groups in total. The molecule has 150 valence electrons. The Morgan fingerprint density at radius 1 is 1.21 bits per heavy atom. The number of benzene rings is 2. The van der Waals surface area contributed by atoms with Crippen LogP contribution >= 0.6 is 11.6 Å². The van der Waals surface area contributed by atoms with Crippen molar-refractivity contribution >= 4 is 50.5 Å². The molecule has 0 atom stereocenters. The van der Waals surface area contributed by atoms with Crippen LogP contribution in [0.15, 0.2) is 64.0 Å². The normalized spacial score (nSPS) is 11.7. The Hall–Kier alpha value is -2.97. The standard InChI is InChI=1S/C20H19ClN4O3S/c1-25(2)13-23-29(27,28)19-12-15(11-18-16(19)7-5-9-22-18)24-20(26)10-14-6-3-4-8-17(14)21/h3-9,11-13H,10H2,1-2H3,(H,24,26). The zero-order valence-corrected chi connectivity index (χ0v) is 17.4. The second-order valence-electron chi connectivity index (χ2n) is 6.52. The number of amides is 1. The van der Waals surface area contributed by atoms with E-state index in [-0.39, 0.29) is 17.2 Å². The van der Waals surface area contributed by atoms with Gasteiger partial charge in [-0.25, -0.2) is 0 Å². The molecule has 0 unspecified atom stereocenters. The van der Waals surface area contributed by atoms with Crippen molar-refractivity contribution in [3.63, 3.8) is 0 Å². The van der Waals surface area contributed by atoms with Crippen LogP contribution in [0.3, 0.4) is 0 Å². The number of hydrogen-bond acceptors (Lipinski definition) is 4. The van der Waals surface area contributed by atoms with Crippen molar-refractivity contribution in [2.45, 2.75) is 11.3 Å². The van der Waals surface area contributed by atoms with E-state index < -0.39 is 10.0 Å². The summed E-state index contributed by atoms with van der Waals surface area (Å²) >= 11 is 6.11. The van der Waals surface area contributed by atoms with Crippen LogP contribution in [0.25, 0.3) is 10.9 Å². The third kappa shape index (κ3) is 5.10. The van der Waals surface area contributed by atoms with Crippen molar-refractivity contribution in [3.05, 3.63) is 65.3 Å². The molecule has 1 aromatic heterocycles.